The first-order valence-electron chi connectivity index (χ1n) is 9.85. The van der Waals surface area contributed by atoms with Crippen LogP contribution in [0.5, 0.6) is 0 Å². The summed E-state index contributed by atoms with van der Waals surface area (Å²) in [5, 5.41) is 20.6. The highest BCUT2D eigenvalue weighted by Crippen LogP contribution is 2.23. The Morgan fingerprint density at radius 3 is 2.69 bits per heavy atom. The monoisotopic (exact) mass is 428 g/mol. The zero-order valence-electron chi connectivity index (χ0n) is 17.2. The second-order valence-electron chi connectivity index (χ2n) is 7.13. The van der Waals surface area contributed by atoms with Gasteiger partial charge in [0.15, 0.2) is 0 Å². The SMILES string of the molecule is Cc1ccc([N+](=O)[O-])cc1NC(=O)Nc1cccc(CNc2ncnc3ccccc23)c1. The summed E-state index contributed by atoms with van der Waals surface area (Å²) in [5.41, 5.74) is 3.41. The first-order valence-corrected chi connectivity index (χ1v) is 9.85. The van der Waals surface area contributed by atoms with E-state index in [9.17, 15) is 14.9 Å². The number of urea groups is 1. The molecule has 0 saturated carbocycles. The molecule has 160 valence electrons. The first-order chi connectivity index (χ1) is 15.5. The highest BCUT2D eigenvalue weighted by molar-refractivity contribution is 6.00. The third kappa shape index (κ3) is 4.78. The van der Waals surface area contributed by atoms with Crippen molar-refractivity contribution in [3.05, 3.63) is 94.3 Å². The average Bonchev–Trinajstić information content (AvgIpc) is 2.79. The average molecular weight is 428 g/mol. The van der Waals surface area contributed by atoms with Crippen molar-refractivity contribution in [1.82, 2.24) is 9.97 Å². The molecule has 0 aliphatic heterocycles. The van der Waals surface area contributed by atoms with Gasteiger partial charge in [-0.1, -0.05) is 30.3 Å². The molecule has 0 aliphatic rings. The fourth-order valence-corrected chi connectivity index (χ4v) is 3.23. The van der Waals surface area contributed by atoms with Crippen molar-refractivity contribution in [1.29, 1.82) is 0 Å². The van der Waals surface area contributed by atoms with Crippen molar-refractivity contribution >= 4 is 39.8 Å². The Hall–Kier alpha value is -4.53. The summed E-state index contributed by atoms with van der Waals surface area (Å²) in [6.45, 7) is 2.27. The number of hydrogen-bond acceptors (Lipinski definition) is 6. The molecule has 3 aromatic carbocycles. The smallest absolute Gasteiger partial charge is 0.323 e. The molecule has 0 saturated heterocycles. The van der Waals surface area contributed by atoms with Gasteiger partial charge < -0.3 is 16.0 Å². The summed E-state index contributed by atoms with van der Waals surface area (Å²) < 4.78 is 0. The van der Waals surface area contributed by atoms with Crippen molar-refractivity contribution in [3.63, 3.8) is 0 Å². The van der Waals surface area contributed by atoms with Crippen LogP contribution in [0.1, 0.15) is 11.1 Å². The summed E-state index contributed by atoms with van der Waals surface area (Å²) in [5.74, 6) is 0.729. The second kappa shape index (κ2) is 9.09. The van der Waals surface area contributed by atoms with Crippen LogP contribution in [0.3, 0.4) is 0 Å². The minimum absolute atomic E-state index is 0.0868. The number of para-hydroxylation sites is 1. The van der Waals surface area contributed by atoms with Crippen molar-refractivity contribution in [3.8, 4) is 0 Å². The van der Waals surface area contributed by atoms with Crippen LogP contribution in [0.15, 0.2) is 73.1 Å². The Balaban J connectivity index is 1.42. The second-order valence-corrected chi connectivity index (χ2v) is 7.13. The first kappa shape index (κ1) is 20.7. The number of rotatable bonds is 6. The molecule has 4 rings (SSSR count). The predicted octanol–water partition coefficient (Wildman–Crippen LogP) is 5.10. The Kier molecular flexibility index (Phi) is 5.89. The maximum absolute atomic E-state index is 12.4. The van der Waals surface area contributed by atoms with E-state index in [0.29, 0.717) is 17.9 Å². The molecule has 0 aliphatic carbocycles. The number of carbonyl (C=O) groups excluding carboxylic acids is 1. The third-order valence-corrected chi connectivity index (χ3v) is 4.87. The Morgan fingerprint density at radius 2 is 1.84 bits per heavy atom. The minimum Gasteiger partial charge on any atom is -0.365 e. The van der Waals surface area contributed by atoms with Gasteiger partial charge in [0.2, 0.25) is 0 Å². The quantitative estimate of drug-likeness (QED) is 0.290. The molecule has 0 atom stereocenters. The molecular weight excluding hydrogens is 408 g/mol. The number of carbonyl (C=O) groups is 1. The van der Waals surface area contributed by atoms with Crippen LogP contribution < -0.4 is 16.0 Å². The van der Waals surface area contributed by atoms with Crippen LogP contribution in [0.2, 0.25) is 0 Å². The number of nitro groups is 1. The van der Waals surface area contributed by atoms with E-state index >= 15 is 0 Å². The zero-order valence-corrected chi connectivity index (χ0v) is 17.2. The van der Waals surface area contributed by atoms with Gasteiger partial charge in [-0.15, -0.1) is 0 Å². The van der Waals surface area contributed by atoms with Crippen LogP contribution >= 0.6 is 0 Å². The minimum atomic E-state index is -0.500. The number of aromatic nitrogens is 2. The van der Waals surface area contributed by atoms with Gasteiger partial charge in [0, 0.05) is 29.8 Å². The lowest BCUT2D eigenvalue weighted by molar-refractivity contribution is -0.384. The fraction of sp³-hybridized carbons (Fsp3) is 0.0870. The molecule has 4 aromatic rings. The molecule has 1 aromatic heterocycles. The maximum Gasteiger partial charge on any atom is 0.323 e. The van der Waals surface area contributed by atoms with Crippen LogP contribution in [0.4, 0.5) is 27.7 Å². The molecule has 1 heterocycles. The lowest BCUT2D eigenvalue weighted by Gasteiger charge is -2.12. The number of nitro benzene ring substituents is 1. The van der Waals surface area contributed by atoms with E-state index in [1.54, 1.807) is 19.1 Å². The number of aryl methyl sites for hydroxylation is 1. The number of hydrogen-bond donors (Lipinski definition) is 3. The highest BCUT2D eigenvalue weighted by atomic mass is 16.6. The van der Waals surface area contributed by atoms with E-state index in [0.717, 1.165) is 27.8 Å². The van der Waals surface area contributed by atoms with Gasteiger partial charge >= 0.3 is 6.03 Å². The molecule has 9 heteroatoms. The van der Waals surface area contributed by atoms with E-state index in [1.165, 1.54) is 18.5 Å². The molecule has 2 amide bonds. The normalized spacial score (nSPS) is 10.5. The van der Waals surface area contributed by atoms with Gasteiger partial charge in [-0.2, -0.15) is 0 Å². The molecule has 0 bridgehead atoms. The number of anilines is 3. The predicted molar refractivity (Wildman–Crippen MR) is 124 cm³/mol. The Morgan fingerprint density at radius 1 is 1.00 bits per heavy atom. The number of nitrogens with zero attached hydrogens (tertiary/aromatic N) is 3. The van der Waals surface area contributed by atoms with Crippen molar-refractivity contribution in [2.45, 2.75) is 13.5 Å². The van der Waals surface area contributed by atoms with Crippen molar-refractivity contribution in [2.75, 3.05) is 16.0 Å². The molecule has 9 nitrogen and oxygen atoms in total. The summed E-state index contributed by atoms with van der Waals surface area (Å²) >= 11 is 0. The number of benzene rings is 3. The van der Waals surface area contributed by atoms with E-state index in [-0.39, 0.29) is 5.69 Å². The third-order valence-electron chi connectivity index (χ3n) is 4.87. The lowest BCUT2D eigenvalue weighted by atomic mass is 10.2. The van der Waals surface area contributed by atoms with E-state index in [2.05, 4.69) is 25.9 Å². The molecule has 0 fully saturated rings. The number of amides is 2. The van der Waals surface area contributed by atoms with Crippen LogP contribution in [0.25, 0.3) is 10.9 Å². The van der Waals surface area contributed by atoms with Gasteiger partial charge in [-0.25, -0.2) is 14.8 Å². The molecule has 0 radical (unpaired) electrons. The van der Waals surface area contributed by atoms with E-state index in [1.807, 2.05) is 42.5 Å². The van der Waals surface area contributed by atoms with Gasteiger partial charge in [-0.3, -0.25) is 10.1 Å². The molecule has 3 N–H and O–H groups in total. The van der Waals surface area contributed by atoms with Gasteiger partial charge in [-0.05, 0) is 42.3 Å². The summed E-state index contributed by atoms with van der Waals surface area (Å²) in [6, 6.07) is 19.0. The van der Waals surface area contributed by atoms with E-state index < -0.39 is 11.0 Å². The fourth-order valence-electron chi connectivity index (χ4n) is 3.23. The molecule has 0 spiro atoms. The van der Waals surface area contributed by atoms with Crippen molar-refractivity contribution < 1.29 is 9.72 Å². The number of nitrogens with one attached hydrogen (secondary N) is 3. The lowest BCUT2D eigenvalue weighted by Crippen LogP contribution is -2.20. The summed E-state index contributed by atoms with van der Waals surface area (Å²) in [6.07, 6.45) is 1.52. The Bertz CT molecular complexity index is 1300. The largest absolute Gasteiger partial charge is 0.365 e. The van der Waals surface area contributed by atoms with Crippen LogP contribution in [0, 0.1) is 17.0 Å². The zero-order chi connectivity index (χ0) is 22.5. The molecular formula is C23H20N6O3. The topological polar surface area (TPSA) is 122 Å². The summed E-state index contributed by atoms with van der Waals surface area (Å²) in [7, 11) is 0. The van der Waals surface area contributed by atoms with Crippen LogP contribution in [-0.4, -0.2) is 20.9 Å². The molecule has 0 unspecified atom stereocenters. The number of fused-ring (bicyclic) bond motifs is 1. The number of non-ortho nitro benzene ring substituents is 1. The van der Waals surface area contributed by atoms with E-state index in [4.69, 9.17) is 0 Å². The standard InChI is InChI=1S/C23H20N6O3/c1-15-9-10-18(29(31)32)12-21(15)28-23(30)27-17-6-4-5-16(11-17)13-24-22-19-7-2-3-8-20(19)25-14-26-22/h2-12,14H,13H2,1H3,(H,24,25,26)(H2,27,28,30). The molecule has 32 heavy (non-hydrogen) atoms. The van der Waals surface area contributed by atoms with Crippen LogP contribution in [-0.2, 0) is 6.54 Å². The maximum atomic E-state index is 12.4. The highest BCUT2D eigenvalue weighted by Gasteiger charge is 2.11. The van der Waals surface area contributed by atoms with Gasteiger partial charge in [0.05, 0.1) is 16.1 Å². The Labute approximate surface area is 183 Å². The van der Waals surface area contributed by atoms with Crippen molar-refractivity contribution in [2.24, 2.45) is 0 Å². The summed E-state index contributed by atoms with van der Waals surface area (Å²) in [4.78, 5) is 31.5. The van der Waals surface area contributed by atoms with Gasteiger partial charge in [0.25, 0.3) is 5.69 Å². The van der Waals surface area contributed by atoms with Gasteiger partial charge in [0.1, 0.15) is 12.1 Å².